The Bertz CT molecular complexity index is 837. The monoisotopic (exact) mass is 218 g/mol. The fourth-order valence-electron chi connectivity index (χ4n) is 2.41. The third kappa shape index (κ3) is 1.18. The van der Waals surface area contributed by atoms with Crippen LogP contribution in [-0.2, 0) is 0 Å². The highest BCUT2D eigenvalue weighted by Gasteiger charge is 2.02. The summed E-state index contributed by atoms with van der Waals surface area (Å²) in [4.78, 5) is 4.16. The minimum atomic E-state index is 1.18. The number of rotatable bonds is 0. The van der Waals surface area contributed by atoms with Gasteiger partial charge in [-0.15, -0.1) is 0 Å². The summed E-state index contributed by atoms with van der Waals surface area (Å²) in [6.07, 6.45) is 5.92. The van der Waals surface area contributed by atoms with E-state index in [-0.39, 0.29) is 0 Å². The van der Waals surface area contributed by atoms with Crippen LogP contribution in [0.2, 0.25) is 0 Å². The second kappa shape index (κ2) is 3.08. The summed E-state index contributed by atoms with van der Waals surface area (Å²) in [5, 5.41) is 3.67. The van der Waals surface area contributed by atoms with Crippen molar-refractivity contribution in [2.45, 2.75) is 0 Å². The molecule has 0 spiro atoms. The van der Waals surface area contributed by atoms with Gasteiger partial charge in [0.05, 0.1) is 5.52 Å². The van der Waals surface area contributed by atoms with Crippen LogP contribution in [0.4, 0.5) is 0 Å². The lowest BCUT2D eigenvalue weighted by Gasteiger charge is -2.00. The van der Waals surface area contributed by atoms with Gasteiger partial charge in [0.2, 0.25) is 0 Å². The molecule has 1 aromatic carbocycles. The van der Waals surface area contributed by atoms with Crippen LogP contribution >= 0.6 is 0 Å². The van der Waals surface area contributed by atoms with Gasteiger partial charge in [-0.1, -0.05) is 18.2 Å². The number of hydrogen-bond donors (Lipinski definition) is 0. The molecule has 17 heavy (non-hydrogen) atoms. The van der Waals surface area contributed by atoms with Crippen LogP contribution in [-0.4, -0.2) is 9.38 Å². The first-order valence-electron chi connectivity index (χ1n) is 5.65. The van der Waals surface area contributed by atoms with Gasteiger partial charge in [-0.05, 0) is 24.3 Å². The first-order valence-corrected chi connectivity index (χ1v) is 5.65. The Morgan fingerprint density at radius 1 is 0.882 bits per heavy atom. The van der Waals surface area contributed by atoms with Crippen LogP contribution in [0.5, 0.6) is 0 Å². The second-order valence-electron chi connectivity index (χ2n) is 4.28. The van der Waals surface area contributed by atoms with Crippen molar-refractivity contribution in [3.05, 3.63) is 61.1 Å². The maximum atomic E-state index is 4.16. The molecule has 0 radical (unpaired) electrons. The topological polar surface area (TPSA) is 17.3 Å². The van der Waals surface area contributed by atoms with Crippen molar-refractivity contribution in [2.75, 3.05) is 0 Å². The maximum absolute atomic E-state index is 4.16. The smallest absolute Gasteiger partial charge is 0.0528 e. The highest BCUT2D eigenvalue weighted by atomic mass is 14.9. The normalized spacial score (nSPS) is 11.5. The molecule has 0 aliphatic heterocycles. The molecule has 0 unspecified atom stereocenters. The van der Waals surface area contributed by atoms with Gasteiger partial charge in [0.25, 0.3) is 0 Å². The molecule has 80 valence electrons. The van der Waals surface area contributed by atoms with E-state index in [1.807, 2.05) is 18.5 Å². The fourth-order valence-corrected chi connectivity index (χ4v) is 2.41. The number of fused-ring (bicyclic) bond motifs is 4. The minimum Gasteiger partial charge on any atom is -0.316 e. The van der Waals surface area contributed by atoms with Crippen molar-refractivity contribution >= 4 is 27.2 Å². The summed E-state index contributed by atoms with van der Waals surface area (Å²) < 4.78 is 2.23. The van der Waals surface area contributed by atoms with Crippen LogP contribution in [0.25, 0.3) is 27.2 Å². The lowest BCUT2D eigenvalue weighted by molar-refractivity contribution is 1.27. The van der Waals surface area contributed by atoms with Crippen molar-refractivity contribution in [1.29, 1.82) is 0 Å². The summed E-state index contributed by atoms with van der Waals surface area (Å²) in [5.41, 5.74) is 2.47. The van der Waals surface area contributed by atoms with E-state index in [4.69, 9.17) is 0 Å². The Labute approximate surface area is 98.1 Å². The van der Waals surface area contributed by atoms with E-state index in [1.54, 1.807) is 0 Å². The molecule has 3 aromatic heterocycles. The van der Waals surface area contributed by atoms with Crippen LogP contribution in [0.15, 0.2) is 61.1 Å². The molecule has 0 bridgehead atoms. The molecule has 3 heterocycles. The molecule has 0 aliphatic carbocycles. The highest BCUT2D eigenvalue weighted by molar-refractivity contribution is 5.93. The van der Waals surface area contributed by atoms with Crippen molar-refractivity contribution in [2.24, 2.45) is 0 Å². The summed E-state index contributed by atoms with van der Waals surface area (Å²) in [5.74, 6) is 0. The predicted octanol–water partition coefficient (Wildman–Crippen LogP) is 3.64. The number of benzene rings is 1. The van der Waals surface area contributed by atoms with Crippen LogP contribution in [0, 0.1) is 0 Å². The molecule has 0 saturated heterocycles. The average Bonchev–Trinajstić information content (AvgIpc) is 2.73. The molecule has 0 atom stereocenters. The summed E-state index contributed by atoms with van der Waals surface area (Å²) in [6, 6.07) is 14.9. The number of aromatic nitrogens is 2. The molecule has 0 N–H and O–H groups in total. The van der Waals surface area contributed by atoms with Crippen molar-refractivity contribution in [3.63, 3.8) is 0 Å². The standard InChI is InChI=1S/C15H10N2/c1-2-4-15-11(3-1)7-14-8-13-9-16-6-5-12(13)10-17(14)15/h1-10H. The zero-order valence-corrected chi connectivity index (χ0v) is 9.17. The molecule has 0 amide bonds. The van der Waals surface area contributed by atoms with Crippen LogP contribution in [0.1, 0.15) is 0 Å². The van der Waals surface area contributed by atoms with Gasteiger partial charge in [-0.3, -0.25) is 4.98 Å². The second-order valence-corrected chi connectivity index (χ2v) is 4.28. The lowest BCUT2D eigenvalue weighted by Crippen LogP contribution is -1.84. The number of hydrogen-bond acceptors (Lipinski definition) is 1. The van der Waals surface area contributed by atoms with E-state index in [0.717, 1.165) is 0 Å². The zero-order valence-electron chi connectivity index (χ0n) is 9.17. The Morgan fingerprint density at radius 3 is 2.76 bits per heavy atom. The minimum absolute atomic E-state index is 1.18. The van der Waals surface area contributed by atoms with E-state index in [9.17, 15) is 0 Å². The van der Waals surface area contributed by atoms with E-state index >= 15 is 0 Å². The number of nitrogens with zero attached hydrogens (tertiary/aromatic N) is 2. The Hall–Kier alpha value is -2.35. The molecule has 0 fully saturated rings. The maximum Gasteiger partial charge on any atom is 0.0528 e. The Balaban J connectivity index is 2.28. The number of pyridine rings is 2. The van der Waals surface area contributed by atoms with Gasteiger partial charge < -0.3 is 4.40 Å². The molecule has 4 aromatic rings. The van der Waals surface area contributed by atoms with Crippen molar-refractivity contribution < 1.29 is 0 Å². The lowest BCUT2D eigenvalue weighted by atomic mass is 10.2. The number of para-hydroxylation sites is 1. The highest BCUT2D eigenvalue weighted by Crippen LogP contribution is 2.23. The quantitative estimate of drug-likeness (QED) is 0.440. The van der Waals surface area contributed by atoms with Gasteiger partial charge in [0, 0.05) is 40.3 Å². The van der Waals surface area contributed by atoms with Crippen molar-refractivity contribution in [1.82, 2.24) is 9.38 Å². The summed E-state index contributed by atoms with van der Waals surface area (Å²) in [6.45, 7) is 0. The Kier molecular flexibility index (Phi) is 1.59. The van der Waals surface area contributed by atoms with Crippen LogP contribution in [0.3, 0.4) is 0 Å². The predicted molar refractivity (Wildman–Crippen MR) is 70.2 cm³/mol. The van der Waals surface area contributed by atoms with Gasteiger partial charge in [-0.25, -0.2) is 0 Å². The SMILES string of the molecule is c1ccc2c(c1)cc1cc3cnccc3cn12. The van der Waals surface area contributed by atoms with Gasteiger partial charge in [0.1, 0.15) is 0 Å². The largest absolute Gasteiger partial charge is 0.316 e. The third-order valence-corrected chi connectivity index (χ3v) is 3.24. The Morgan fingerprint density at radius 2 is 1.76 bits per heavy atom. The fraction of sp³-hybridized carbons (Fsp3) is 0. The zero-order chi connectivity index (χ0) is 11.2. The molecule has 2 nitrogen and oxygen atoms in total. The third-order valence-electron chi connectivity index (χ3n) is 3.24. The molecular formula is C15H10N2. The van der Waals surface area contributed by atoms with Gasteiger partial charge >= 0.3 is 0 Å². The van der Waals surface area contributed by atoms with E-state index in [1.165, 1.54) is 27.2 Å². The van der Waals surface area contributed by atoms with E-state index in [2.05, 4.69) is 52.0 Å². The molecular weight excluding hydrogens is 208 g/mol. The first-order chi connectivity index (χ1) is 8.42. The van der Waals surface area contributed by atoms with Gasteiger partial charge in [-0.2, -0.15) is 0 Å². The summed E-state index contributed by atoms with van der Waals surface area (Å²) >= 11 is 0. The van der Waals surface area contributed by atoms with Gasteiger partial charge in [0.15, 0.2) is 0 Å². The van der Waals surface area contributed by atoms with E-state index in [0.29, 0.717) is 0 Å². The molecule has 2 heteroatoms. The molecule has 0 saturated carbocycles. The molecule has 0 aliphatic rings. The average molecular weight is 218 g/mol. The molecule has 4 rings (SSSR count). The first kappa shape index (κ1) is 8.76. The summed E-state index contributed by atoms with van der Waals surface area (Å²) in [7, 11) is 0. The van der Waals surface area contributed by atoms with Crippen molar-refractivity contribution in [3.8, 4) is 0 Å². The van der Waals surface area contributed by atoms with E-state index < -0.39 is 0 Å². The van der Waals surface area contributed by atoms with Crippen LogP contribution < -0.4 is 0 Å².